The zero-order valence-electron chi connectivity index (χ0n) is 17.0. The van der Waals surface area contributed by atoms with Crippen LogP contribution in [0.1, 0.15) is 26.3 Å². The molecule has 9 nitrogen and oxygen atoms in total. The van der Waals surface area contributed by atoms with Crippen LogP contribution in [0.4, 0.5) is 17.1 Å². The Labute approximate surface area is 178 Å². The monoisotopic (exact) mass is 419 g/mol. The summed E-state index contributed by atoms with van der Waals surface area (Å²) >= 11 is 0. The molecule has 2 aromatic carbocycles. The lowest BCUT2D eigenvalue weighted by molar-refractivity contribution is -0.384. The zero-order chi connectivity index (χ0) is 22.4. The molecule has 0 saturated heterocycles. The van der Waals surface area contributed by atoms with Gasteiger partial charge in [0.25, 0.3) is 17.5 Å². The highest BCUT2D eigenvalue weighted by atomic mass is 16.6. The molecular formula is C22H21N5O4. The number of nitro benzene ring substituents is 1. The van der Waals surface area contributed by atoms with Gasteiger partial charge in [0.2, 0.25) is 0 Å². The van der Waals surface area contributed by atoms with Crippen molar-refractivity contribution in [2.24, 2.45) is 0 Å². The fraction of sp³-hybridized carbons (Fsp3) is 0.136. The second-order valence-corrected chi connectivity index (χ2v) is 6.93. The third-order valence-electron chi connectivity index (χ3n) is 4.48. The third-order valence-corrected chi connectivity index (χ3v) is 4.48. The molecule has 31 heavy (non-hydrogen) atoms. The lowest BCUT2D eigenvalue weighted by Gasteiger charge is -2.18. The van der Waals surface area contributed by atoms with Crippen LogP contribution in [0.3, 0.4) is 0 Å². The Morgan fingerprint density at radius 1 is 1.06 bits per heavy atom. The van der Waals surface area contributed by atoms with Gasteiger partial charge in [-0.15, -0.1) is 0 Å². The van der Waals surface area contributed by atoms with E-state index in [1.807, 2.05) is 20.2 Å². The molecule has 0 aliphatic carbocycles. The quantitative estimate of drug-likeness (QED) is 0.448. The SMILES string of the molecule is CN(C)c1ccc(NC(=O)c2cccc([N+](=O)[O-])c2)cc1C(=O)NCc1cccnc1. The number of pyridine rings is 1. The van der Waals surface area contributed by atoms with E-state index in [9.17, 15) is 19.7 Å². The maximum atomic E-state index is 12.8. The number of hydrogen-bond acceptors (Lipinski definition) is 6. The summed E-state index contributed by atoms with van der Waals surface area (Å²) in [5.41, 5.74) is 2.29. The topological polar surface area (TPSA) is 117 Å². The first-order chi connectivity index (χ1) is 14.8. The number of carbonyl (C=O) groups is 2. The van der Waals surface area contributed by atoms with E-state index in [1.165, 1.54) is 24.3 Å². The molecule has 1 aromatic heterocycles. The Balaban J connectivity index is 1.80. The average molecular weight is 419 g/mol. The number of nitrogens with one attached hydrogen (secondary N) is 2. The summed E-state index contributed by atoms with van der Waals surface area (Å²) in [6.45, 7) is 0.309. The van der Waals surface area contributed by atoms with Gasteiger partial charge in [-0.3, -0.25) is 24.7 Å². The van der Waals surface area contributed by atoms with Gasteiger partial charge in [0, 0.05) is 62.1 Å². The van der Waals surface area contributed by atoms with E-state index in [0.717, 1.165) is 5.56 Å². The number of anilines is 2. The van der Waals surface area contributed by atoms with Gasteiger partial charge in [-0.05, 0) is 35.9 Å². The van der Waals surface area contributed by atoms with Crippen molar-refractivity contribution in [1.82, 2.24) is 10.3 Å². The van der Waals surface area contributed by atoms with Crippen molar-refractivity contribution in [3.63, 3.8) is 0 Å². The predicted octanol–water partition coefficient (Wildman–Crippen LogP) is 3.24. The Bertz CT molecular complexity index is 1120. The van der Waals surface area contributed by atoms with Crippen molar-refractivity contribution < 1.29 is 14.5 Å². The minimum absolute atomic E-state index is 0.147. The van der Waals surface area contributed by atoms with Gasteiger partial charge >= 0.3 is 0 Å². The van der Waals surface area contributed by atoms with Gasteiger partial charge in [0.15, 0.2) is 0 Å². The fourth-order valence-corrected chi connectivity index (χ4v) is 2.93. The summed E-state index contributed by atoms with van der Waals surface area (Å²) in [6, 6.07) is 14.1. The van der Waals surface area contributed by atoms with E-state index in [4.69, 9.17) is 0 Å². The van der Waals surface area contributed by atoms with Gasteiger partial charge in [-0.1, -0.05) is 12.1 Å². The van der Waals surface area contributed by atoms with E-state index >= 15 is 0 Å². The lowest BCUT2D eigenvalue weighted by Crippen LogP contribution is -2.25. The minimum Gasteiger partial charge on any atom is -0.377 e. The van der Waals surface area contributed by atoms with Crippen molar-refractivity contribution >= 4 is 28.9 Å². The molecule has 9 heteroatoms. The van der Waals surface area contributed by atoms with Crippen LogP contribution in [0.25, 0.3) is 0 Å². The van der Waals surface area contributed by atoms with Crippen molar-refractivity contribution in [1.29, 1.82) is 0 Å². The Morgan fingerprint density at radius 2 is 1.87 bits per heavy atom. The molecule has 2 N–H and O–H groups in total. The molecule has 2 amide bonds. The van der Waals surface area contributed by atoms with Crippen LogP contribution in [-0.2, 0) is 6.54 Å². The summed E-state index contributed by atoms with van der Waals surface area (Å²) < 4.78 is 0. The molecule has 3 rings (SSSR count). The van der Waals surface area contributed by atoms with Gasteiger partial charge < -0.3 is 15.5 Å². The van der Waals surface area contributed by atoms with Crippen LogP contribution in [0.2, 0.25) is 0 Å². The van der Waals surface area contributed by atoms with Crippen LogP contribution >= 0.6 is 0 Å². The predicted molar refractivity (Wildman–Crippen MR) is 117 cm³/mol. The van der Waals surface area contributed by atoms with E-state index in [2.05, 4.69) is 15.6 Å². The maximum absolute atomic E-state index is 12.8. The standard InChI is InChI=1S/C22H21N5O4/c1-26(2)20-9-8-17(25-21(28)16-6-3-7-18(11-16)27(30)31)12-19(20)22(29)24-14-15-5-4-10-23-13-15/h3-13H,14H2,1-2H3,(H,24,29)(H,25,28). The third kappa shape index (κ3) is 5.41. The zero-order valence-corrected chi connectivity index (χ0v) is 17.0. The van der Waals surface area contributed by atoms with Gasteiger partial charge in [0.1, 0.15) is 0 Å². The number of non-ortho nitro benzene ring substituents is 1. The smallest absolute Gasteiger partial charge is 0.270 e. The molecule has 1 heterocycles. The summed E-state index contributed by atoms with van der Waals surface area (Å²) in [7, 11) is 3.63. The van der Waals surface area contributed by atoms with Crippen molar-refractivity contribution in [3.05, 3.63) is 93.8 Å². The number of hydrogen-bond donors (Lipinski definition) is 2. The maximum Gasteiger partial charge on any atom is 0.270 e. The molecule has 3 aromatic rings. The normalized spacial score (nSPS) is 10.3. The van der Waals surface area contributed by atoms with Crippen LogP contribution in [0.5, 0.6) is 0 Å². The Morgan fingerprint density at radius 3 is 2.55 bits per heavy atom. The number of rotatable bonds is 7. The molecule has 0 spiro atoms. The van der Waals surface area contributed by atoms with Crippen molar-refractivity contribution in [3.8, 4) is 0 Å². The van der Waals surface area contributed by atoms with Crippen LogP contribution < -0.4 is 15.5 Å². The molecule has 0 saturated carbocycles. The molecule has 0 aliphatic rings. The second-order valence-electron chi connectivity index (χ2n) is 6.93. The van der Waals surface area contributed by atoms with E-state index < -0.39 is 10.8 Å². The molecule has 0 radical (unpaired) electrons. The van der Waals surface area contributed by atoms with E-state index in [-0.39, 0.29) is 17.2 Å². The minimum atomic E-state index is -0.562. The van der Waals surface area contributed by atoms with Gasteiger partial charge in [-0.25, -0.2) is 0 Å². The number of aromatic nitrogens is 1. The van der Waals surface area contributed by atoms with E-state index in [0.29, 0.717) is 23.5 Å². The van der Waals surface area contributed by atoms with Crippen LogP contribution in [0.15, 0.2) is 67.0 Å². The number of nitrogens with zero attached hydrogens (tertiary/aromatic N) is 3. The number of amides is 2. The van der Waals surface area contributed by atoms with Crippen molar-refractivity contribution in [2.75, 3.05) is 24.3 Å². The molecule has 0 bridgehead atoms. The van der Waals surface area contributed by atoms with Gasteiger partial charge in [-0.2, -0.15) is 0 Å². The number of benzene rings is 2. The first-order valence-corrected chi connectivity index (χ1v) is 9.39. The Hall–Kier alpha value is -4.27. The lowest BCUT2D eigenvalue weighted by atomic mass is 10.1. The van der Waals surface area contributed by atoms with Gasteiger partial charge in [0.05, 0.1) is 10.5 Å². The first-order valence-electron chi connectivity index (χ1n) is 9.39. The molecule has 158 valence electrons. The molecule has 0 unspecified atom stereocenters. The summed E-state index contributed by atoms with van der Waals surface area (Å²) in [5.74, 6) is -0.818. The number of carbonyl (C=O) groups excluding carboxylic acids is 2. The summed E-state index contributed by atoms with van der Waals surface area (Å²) in [5, 5.41) is 16.5. The fourth-order valence-electron chi connectivity index (χ4n) is 2.93. The average Bonchev–Trinajstić information content (AvgIpc) is 2.78. The van der Waals surface area contributed by atoms with Crippen LogP contribution in [-0.4, -0.2) is 35.8 Å². The molecule has 0 fully saturated rings. The summed E-state index contributed by atoms with van der Waals surface area (Å²) in [6.07, 6.45) is 3.33. The van der Waals surface area contributed by atoms with Crippen LogP contribution in [0, 0.1) is 10.1 Å². The highest BCUT2D eigenvalue weighted by Gasteiger charge is 2.16. The van der Waals surface area contributed by atoms with E-state index in [1.54, 1.807) is 41.6 Å². The largest absolute Gasteiger partial charge is 0.377 e. The number of nitro groups is 1. The first kappa shape index (κ1) is 21.4. The summed E-state index contributed by atoms with van der Waals surface area (Å²) in [4.78, 5) is 41.6. The van der Waals surface area contributed by atoms with Crippen molar-refractivity contribution in [2.45, 2.75) is 6.54 Å². The molecule has 0 atom stereocenters. The highest BCUT2D eigenvalue weighted by Crippen LogP contribution is 2.24. The highest BCUT2D eigenvalue weighted by molar-refractivity contribution is 6.06. The second kappa shape index (κ2) is 9.49. The Kier molecular flexibility index (Phi) is 6.56. The molecule has 0 aliphatic heterocycles. The molecular weight excluding hydrogens is 398 g/mol.